The highest BCUT2D eigenvalue weighted by atomic mass is 16.4. The molecule has 1 N–H and O–H groups in total. The second-order valence-corrected chi connectivity index (χ2v) is 5.11. The van der Waals surface area contributed by atoms with Crippen LogP contribution in [0, 0.1) is 0 Å². The quantitative estimate of drug-likeness (QED) is 0.921. The fourth-order valence-corrected chi connectivity index (χ4v) is 2.81. The van der Waals surface area contributed by atoms with Gasteiger partial charge in [0.2, 0.25) is 0 Å². The Hall–Kier alpha value is -2.56. The number of hydrogen-bond donors (Lipinski definition) is 1. The Kier molecular flexibility index (Phi) is 3.48. The highest BCUT2D eigenvalue weighted by Gasteiger charge is 2.33. The zero-order valence-electron chi connectivity index (χ0n) is 11.5. The summed E-state index contributed by atoms with van der Waals surface area (Å²) in [6.45, 7) is 0.968. The van der Waals surface area contributed by atoms with Crippen molar-refractivity contribution in [3.63, 3.8) is 0 Å². The van der Waals surface area contributed by atoms with E-state index in [0.717, 1.165) is 11.3 Å². The van der Waals surface area contributed by atoms with Crippen molar-refractivity contribution in [2.75, 3.05) is 11.4 Å². The highest BCUT2D eigenvalue weighted by Crippen LogP contribution is 2.31. The lowest BCUT2D eigenvalue weighted by atomic mass is 10.1. The fraction of sp³-hybridized carbons (Fsp3) is 0.250. The molecule has 0 radical (unpaired) electrons. The van der Waals surface area contributed by atoms with Crippen molar-refractivity contribution in [1.82, 2.24) is 4.57 Å². The number of benzene rings is 1. The van der Waals surface area contributed by atoms with Crippen molar-refractivity contribution in [1.29, 1.82) is 0 Å². The fourth-order valence-electron chi connectivity index (χ4n) is 2.81. The van der Waals surface area contributed by atoms with E-state index >= 15 is 0 Å². The van der Waals surface area contributed by atoms with E-state index in [4.69, 9.17) is 0 Å². The van der Waals surface area contributed by atoms with E-state index in [1.165, 1.54) is 6.07 Å². The van der Waals surface area contributed by atoms with E-state index in [9.17, 15) is 14.7 Å². The number of carboxylic acids is 1. The molecule has 0 aliphatic carbocycles. The van der Waals surface area contributed by atoms with Crippen LogP contribution in [0.5, 0.6) is 0 Å². The first-order chi connectivity index (χ1) is 10.2. The van der Waals surface area contributed by atoms with Crippen molar-refractivity contribution >= 4 is 11.7 Å². The van der Waals surface area contributed by atoms with Gasteiger partial charge in [0.1, 0.15) is 6.04 Å². The SMILES string of the molecule is O=C(O)C1Cc2ccccc2N1CCn1ccccc1=O. The van der Waals surface area contributed by atoms with Gasteiger partial charge in [-0.05, 0) is 17.7 Å². The second kappa shape index (κ2) is 5.44. The minimum absolute atomic E-state index is 0.0724. The number of anilines is 1. The molecule has 0 bridgehead atoms. The van der Waals surface area contributed by atoms with Crippen molar-refractivity contribution in [3.8, 4) is 0 Å². The van der Waals surface area contributed by atoms with Crippen LogP contribution in [0.3, 0.4) is 0 Å². The van der Waals surface area contributed by atoms with Gasteiger partial charge in [0.15, 0.2) is 0 Å². The summed E-state index contributed by atoms with van der Waals surface area (Å²) in [6, 6.07) is 12.2. The third kappa shape index (κ3) is 2.54. The molecular weight excluding hydrogens is 268 g/mol. The first kappa shape index (κ1) is 13.4. The smallest absolute Gasteiger partial charge is 0.326 e. The second-order valence-electron chi connectivity index (χ2n) is 5.11. The Morgan fingerprint density at radius 3 is 2.67 bits per heavy atom. The van der Waals surface area contributed by atoms with E-state index in [2.05, 4.69) is 0 Å². The van der Waals surface area contributed by atoms with Crippen LogP contribution in [0.25, 0.3) is 0 Å². The van der Waals surface area contributed by atoms with Gasteiger partial charge in [-0.15, -0.1) is 0 Å². The number of para-hydroxylation sites is 1. The van der Waals surface area contributed by atoms with Gasteiger partial charge in [0, 0.05) is 37.5 Å². The van der Waals surface area contributed by atoms with Gasteiger partial charge in [-0.3, -0.25) is 4.79 Å². The maximum Gasteiger partial charge on any atom is 0.326 e. The molecule has 5 heteroatoms. The monoisotopic (exact) mass is 284 g/mol. The van der Waals surface area contributed by atoms with Gasteiger partial charge in [-0.25, -0.2) is 4.79 Å². The Bertz CT molecular complexity index is 723. The van der Waals surface area contributed by atoms with Crippen LogP contribution >= 0.6 is 0 Å². The number of pyridine rings is 1. The van der Waals surface area contributed by atoms with E-state index < -0.39 is 12.0 Å². The summed E-state index contributed by atoms with van der Waals surface area (Å²) in [7, 11) is 0. The molecule has 0 saturated carbocycles. The maximum atomic E-state index is 11.7. The number of aliphatic carboxylic acids is 1. The molecule has 1 atom stereocenters. The molecule has 3 rings (SSSR count). The van der Waals surface area contributed by atoms with Crippen LogP contribution in [-0.2, 0) is 17.8 Å². The van der Waals surface area contributed by atoms with Gasteiger partial charge >= 0.3 is 5.97 Å². The maximum absolute atomic E-state index is 11.7. The van der Waals surface area contributed by atoms with Gasteiger partial charge in [0.05, 0.1) is 0 Å². The normalized spacial score (nSPS) is 16.8. The number of carbonyl (C=O) groups is 1. The molecule has 1 aromatic heterocycles. The summed E-state index contributed by atoms with van der Waals surface area (Å²) in [5, 5.41) is 9.40. The van der Waals surface area contributed by atoms with Crippen LogP contribution in [-0.4, -0.2) is 28.2 Å². The molecule has 1 aliphatic heterocycles. The molecule has 108 valence electrons. The van der Waals surface area contributed by atoms with Crippen LogP contribution in [0.15, 0.2) is 53.5 Å². The third-order valence-electron chi connectivity index (χ3n) is 3.86. The number of fused-ring (bicyclic) bond motifs is 1. The summed E-state index contributed by atoms with van der Waals surface area (Å²) in [4.78, 5) is 25.0. The van der Waals surface area contributed by atoms with Crippen LogP contribution in [0.2, 0.25) is 0 Å². The van der Waals surface area contributed by atoms with Crippen molar-refractivity contribution in [3.05, 3.63) is 64.6 Å². The molecular formula is C16H16N2O3. The van der Waals surface area contributed by atoms with E-state index in [0.29, 0.717) is 19.5 Å². The van der Waals surface area contributed by atoms with E-state index in [-0.39, 0.29) is 5.56 Å². The average molecular weight is 284 g/mol. The summed E-state index contributed by atoms with van der Waals surface area (Å²) in [5.74, 6) is -0.827. The molecule has 21 heavy (non-hydrogen) atoms. The number of rotatable bonds is 4. The van der Waals surface area contributed by atoms with Crippen molar-refractivity contribution in [2.45, 2.75) is 19.0 Å². The van der Waals surface area contributed by atoms with Crippen LogP contribution in [0.1, 0.15) is 5.56 Å². The lowest BCUT2D eigenvalue weighted by molar-refractivity contribution is -0.138. The molecule has 2 aromatic rings. The highest BCUT2D eigenvalue weighted by molar-refractivity contribution is 5.82. The zero-order valence-corrected chi connectivity index (χ0v) is 11.5. The first-order valence-electron chi connectivity index (χ1n) is 6.89. The molecule has 0 fully saturated rings. The standard InChI is InChI=1S/C16H16N2O3/c19-15-7-3-4-8-17(15)9-10-18-13-6-2-1-5-12(13)11-14(18)16(20)21/h1-8,14H,9-11H2,(H,20,21). The molecule has 2 heterocycles. The summed E-state index contributed by atoms with van der Waals surface area (Å²) < 4.78 is 1.60. The topological polar surface area (TPSA) is 62.5 Å². The molecule has 1 unspecified atom stereocenters. The molecule has 1 aromatic carbocycles. The van der Waals surface area contributed by atoms with Gasteiger partial charge in [0.25, 0.3) is 5.56 Å². The minimum Gasteiger partial charge on any atom is -0.480 e. The number of carboxylic acid groups (broad SMARTS) is 1. The summed E-state index contributed by atoms with van der Waals surface area (Å²) in [5.41, 5.74) is 1.93. The lowest BCUT2D eigenvalue weighted by Crippen LogP contribution is -2.41. The van der Waals surface area contributed by atoms with Gasteiger partial charge in [-0.2, -0.15) is 0 Å². The number of hydrogen-bond acceptors (Lipinski definition) is 3. The van der Waals surface area contributed by atoms with E-state index in [1.54, 1.807) is 22.9 Å². The van der Waals surface area contributed by atoms with Gasteiger partial charge in [-0.1, -0.05) is 24.3 Å². The Morgan fingerprint density at radius 1 is 1.14 bits per heavy atom. The molecule has 5 nitrogen and oxygen atoms in total. The number of aromatic nitrogens is 1. The molecule has 1 aliphatic rings. The zero-order chi connectivity index (χ0) is 14.8. The largest absolute Gasteiger partial charge is 0.480 e. The van der Waals surface area contributed by atoms with Crippen molar-refractivity contribution in [2.24, 2.45) is 0 Å². The van der Waals surface area contributed by atoms with Gasteiger partial charge < -0.3 is 14.6 Å². The summed E-state index contributed by atoms with van der Waals surface area (Å²) >= 11 is 0. The number of nitrogens with zero attached hydrogens (tertiary/aromatic N) is 2. The Balaban J connectivity index is 1.84. The molecule has 0 spiro atoms. The third-order valence-corrected chi connectivity index (χ3v) is 3.86. The van der Waals surface area contributed by atoms with E-state index in [1.807, 2.05) is 29.2 Å². The van der Waals surface area contributed by atoms with Crippen LogP contribution < -0.4 is 10.5 Å². The predicted molar refractivity (Wildman–Crippen MR) is 79.6 cm³/mol. The molecule has 0 saturated heterocycles. The predicted octanol–water partition coefficient (Wildman–Crippen LogP) is 1.36. The Morgan fingerprint density at radius 2 is 1.90 bits per heavy atom. The first-order valence-corrected chi connectivity index (χ1v) is 6.89. The minimum atomic E-state index is -0.827. The van der Waals surface area contributed by atoms with Crippen molar-refractivity contribution < 1.29 is 9.90 Å². The lowest BCUT2D eigenvalue weighted by Gasteiger charge is -2.25. The molecule has 0 amide bonds. The summed E-state index contributed by atoms with van der Waals surface area (Å²) in [6.07, 6.45) is 2.23. The van der Waals surface area contributed by atoms with Crippen LogP contribution in [0.4, 0.5) is 5.69 Å². The average Bonchev–Trinajstić information content (AvgIpc) is 2.85. The Labute approximate surface area is 122 Å².